The van der Waals surface area contributed by atoms with Gasteiger partial charge in [0.1, 0.15) is 12.4 Å². The first kappa shape index (κ1) is 18.5. The maximum absolute atomic E-state index is 12.0. The standard InChI is InChI=1S/C21H28N2O3/c1-6-21(4,5)15-7-9-16(10-8-15)25-13-17-11-23-12-18(14(2)3)19(24)22-20(23)26-17/h7-10,12,14,17H,6,11,13H2,1-5H3/t17-/m0/s1. The number of nitrogens with zero attached hydrogens (tertiary/aromatic N) is 2. The van der Waals surface area contributed by atoms with E-state index in [1.807, 2.05) is 36.7 Å². The highest BCUT2D eigenvalue weighted by atomic mass is 16.6. The third-order valence-corrected chi connectivity index (χ3v) is 5.23. The number of benzene rings is 1. The SMILES string of the molecule is CCC(C)(C)c1ccc(OC[C@@H]2Cn3cc(C(C)C)c(=O)nc3O2)cc1. The summed E-state index contributed by atoms with van der Waals surface area (Å²) in [5.74, 6) is 0.972. The molecule has 0 radical (unpaired) electrons. The summed E-state index contributed by atoms with van der Waals surface area (Å²) in [6.45, 7) is 11.7. The average Bonchev–Trinajstić information content (AvgIpc) is 3.01. The third-order valence-electron chi connectivity index (χ3n) is 5.23. The van der Waals surface area contributed by atoms with Crippen molar-refractivity contribution in [2.45, 2.75) is 65.0 Å². The van der Waals surface area contributed by atoms with Gasteiger partial charge in [0.2, 0.25) is 0 Å². The van der Waals surface area contributed by atoms with Crippen molar-refractivity contribution in [2.75, 3.05) is 6.61 Å². The summed E-state index contributed by atoms with van der Waals surface area (Å²) in [4.78, 5) is 16.1. The summed E-state index contributed by atoms with van der Waals surface area (Å²) in [5, 5.41) is 0. The summed E-state index contributed by atoms with van der Waals surface area (Å²) in [6.07, 6.45) is 2.80. The van der Waals surface area contributed by atoms with Gasteiger partial charge in [-0.15, -0.1) is 0 Å². The van der Waals surface area contributed by atoms with Crippen LogP contribution in [0.25, 0.3) is 0 Å². The summed E-state index contributed by atoms with van der Waals surface area (Å²) >= 11 is 0. The van der Waals surface area contributed by atoms with Gasteiger partial charge in [0.15, 0.2) is 6.10 Å². The van der Waals surface area contributed by atoms with Gasteiger partial charge in [0.05, 0.1) is 6.54 Å². The summed E-state index contributed by atoms with van der Waals surface area (Å²) in [6, 6.07) is 8.64. The molecule has 0 fully saturated rings. The van der Waals surface area contributed by atoms with Crippen LogP contribution in [0.15, 0.2) is 35.3 Å². The molecule has 3 rings (SSSR count). The van der Waals surface area contributed by atoms with Crippen LogP contribution in [-0.4, -0.2) is 22.3 Å². The molecule has 2 heterocycles. The molecule has 0 bridgehead atoms. The zero-order valence-corrected chi connectivity index (χ0v) is 16.3. The quantitative estimate of drug-likeness (QED) is 0.788. The Kier molecular flexibility index (Phi) is 5.08. The van der Waals surface area contributed by atoms with Crippen LogP contribution in [0.3, 0.4) is 0 Å². The van der Waals surface area contributed by atoms with E-state index in [4.69, 9.17) is 9.47 Å². The molecule has 1 atom stereocenters. The second kappa shape index (κ2) is 7.14. The minimum absolute atomic E-state index is 0.143. The number of ether oxygens (including phenoxy) is 2. The van der Waals surface area contributed by atoms with Crippen molar-refractivity contribution in [3.05, 3.63) is 51.9 Å². The van der Waals surface area contributed by atoms with E-state index in [9.17, 15) is 4.79 Å². The molecular formula is C21H28N2O3. The van der Waals surface area contributed by atoms with Gasteiger partial charge in [-0.05, 0) is 35.4 Å². The Hall–Kier alpha value is -2.30. The van der Waals surface area contributed by atoms with E-state index in [1.165, 1.54) is 5.56 Å². The molecule has 1 aromatic heterocycles. The van der Waals surface area contributed by atoms with Gasteiger partial charge in [-0.1, -0.05) is 46.8 Å². The van der Waals surface area contributed by atoms with E-state index in [0.29, 0.717) is 24.7 Å². The Labute approximate surface area is 155 Å². The highest BCUT2D eigenvalue weighted by molar-refractivity contribution is 5.31. The predicted molar refractivity (Wildman–Crippen MR) is 102 cm³/mol. The minimum atomic E-state index is -0.207. The lowest BCUT2D eigenvalue weighted by atomic mass is 9.82. The Morgan fingerprint density at radius 2 is 2.00 bits per heavy atom. The van der Waals surface area contributed by atoms with Crippen LogP contribution in [0.1, 0.15) is 58.1 Å². The largest absolute Gasteiger partial charge is 0.490 e. The van der Waals surface area contributed by atoms with Crippen molar-refractivity contribution >= 4 is 0 Å². The average molecular weight is 356 g/mol. The Morgan fingerprint density at radius 1 is 1.31 bits per heavy atom. The van der Waals surface area contributed by atoms with Gasteiger partial charge in [-0.25, -0.2) is 0 Å². The van der Waals surface area contributed by atoms with Gasteiger partial charge in [-0.3, -0.25) is 9.36 Å². The lowest BCUT2D eigenvalue weighted by Gasteiger charge is -2.23. The third kappa shape index (κ3) is 3.76. The smallest absolute Gasteiger partial charge is 0.300 e. The Morgan fingerprint density at radius 3 is 2.62 bits per heavy atom. The molecule has 0 saturated heterocycles. The molecule has 140 valence electrons. The fraction of sp³-hybridized carbons (Fsp3) is 0.524. The van der Waals surface area contributed by atoms with Crippen molar-refractivity contribution in [3.8, 4) is 11.8 Å². The van der Waals surface area contributed by atoms with Gasteiger partial charge < -0.3 is 9.47 Å². The number of fused-ring (bicyclic) bond motifs is 1. The molecule has 1 aromatic carbocycles. The topological polar surface area (TPSA) is 53.4 Å². The van der Waals surface area contributed by atoms with Crippen LogP contribution >= 0.6 is 0 Å². The first-order valence-corrected chi connectivity index (χ1v) is 9.31. The summed E-state index contributed by atoms with van der Waals surface area (Å²) in [7, 11) is 0. The van der Waals surface area contributed by atoms with Gasteiger partial charge in [0.25, 0.3) is 11.6 Å². The maximum Gasteiger partial charge on any atom is 0.300 e. The van der Waals surface area contributed by atoms with Crippen molar-refractivity contribution in [1.82, 2.24) is 9.55 Å². The van der Waals surface area contributed by atoms with Crippen LogP contribution < -0.4 is 15.0 Å². The van der Waals surface area contributed by atoms with Crippen LogP contribution in [-0.2, 0) is 12.0 Å². The number of hydrogen-bond donors (Lipinski definition) is 0. The van der Waals surface area contributed by atoms with E-state index < -0.39 is 0 Å². The van der Waals surface area contributed by atoms with Crippen LogP contribution in [0, 0.1) is 0 Å². The van der Waals surface area contributed by atoms with E-state index in [-0.39, 0.29) is 23.0 Å². The first-order valence-electron chi connectivity index (χ1n) is 9.31. The zero-order valence-electron chi connectivity index (χ0n) is 16.3. The van der Waals surface area contributed by atoms with Crippen LogP contribution in [0.5, 0.6) is 11.8 Å². The molecule has 1 aliphatic heterocycles. The van der Waals surface area contributed by atoms with Crippen molar-refractivity contribution in [3.63, 3.8) is 0 Å². The number of aromatic nitrogens is 2. The van der Waals surface area contributed by atoms with E-state index in [1.54, 1.807) is 0 Å². The second-order valence-corrected chi connectivity index (χ2v) is 7.90. The van der Waals surface area contributed by atoms with Crippen LogP contribution in [0.4, 0.5) is 0 Å². The fourth-order valence-electron chi connectivity index (χ4n) is 3.00. The molecule has 0 N–H and O–H groups in total. The van der Waals surface area contributed by atoms with Crippen molar-refractivity contribution < 1.29 is 9.47 Å². The monoisotopic (exact) mass is 356 g/mol. The molecule has 26 heavy (non-hydrogen) atoms. The highest BCUT2D eigenvalue weighted by Gasteiger charge is 2.25. The van der Waals surface area contributed by atoms with Gasteiger partial charge >= 0.3 is 0 Å². The van der Waals surface area contributed by atoms with E-state index in [0.717, 1.165) is 12.2 Å². The summed E-state index contributed by atoms with van der Waals surface area (Å²) in [5.41, 5.74) is 1.98. The zero-order chi connectivity index (χ0) is 18.9. The molecule has 5 nitrogen and oxygen atoms in total. The normalized spacial score (nSPS) is 16.5. The molecule has 0 amide bonds. The molecule has 0 saturated carbocycles. The fourth-order valence-corrected chi connectivity index (χ4v) is 3.00. The Balaban J connectivity index is 1.62. The molecule has 5 heteroatoms. The molecule has 0 spiro atoms. The molecule has 2 aromatic rings. The second-order valence-electron chi connectivity index (χ2n) is 7.90. The Bertz CT molecular complexity index is 822. The first-order chi connectivity index (χ1) is 12.3. The van der Waals surface area contributed by atoms with E-state index >= 15 is 0 Å². The highest BCUT2D eigenvalue weighted by Crippen LogP contribution is 2.28. The molecule has 0 unspecified atom stereocenters. The van der Waals surface area contributed by atoms with E-state index in [2.05, 4.69) is 37.9 Å². The van der Waals surface area contributed by atoms with Crippen molar-refractivity contribution in [1.29, 1.82) is 0 Å². The molecule has 0 aliphatic carbocycles. The lowest BCUT2D eigenvalue weighted by Crippen LogP contribution is -2.23. The van der Waals surface area contributed by atoms with Gasteiger partial charge in [0, 0.05) is 11.8 Å². The maximum atomic E-state index is 12.0. The predicted octanol–water partition coefficient (Wildman–Crippen LogP) is 3.89. The minimum Gasteiger partial charge on any atom is -0.490 e. The van der Waals surface area contributed by atoms with Crippen LogP contribution in [0.2, 0.25) is 0 Å². The number of rotatable bonds is 6. The molecule has 1 aliphatic rings. The number of hydrogen-bond acceptors (Lipinski definition) is 4. The van der Waals surface area contributed by atoms with Gasteiger partial charge in [-0.2, -0.15) is 4.98 Å². The molecular weight excluding hydrogens is 328 g/mol. The lowest BCUT2D eigenvalue weighted by molar-refractivity contribution is 0.143. The summed E-state index contributed by atoms with van der Waals surface area (Å²) < 4.78 is 13.6. The van der Waals surface area contributed by atoms with Crippen molar-refractivity contribution in [2.24, 2.45) is 0 Å².